The van der Waals surface area contributed by atoms with E-state index in [-0.39, 0.29) is 11.3 Å². The smallest absolute Gasteiger partial charge is 0.143 e. The number of carbonyl (C=O) groups is 1. The summed E-state index contributed by atoms with van der Waals surface area (Å²) in [7, 11) is 0. The second-order valence-electron chi connectivity index (χ2n) is 3.80. The molecule has 0 amide bonds. The lowest BCUT2D eigenvalue weighted by atomic mass is 10.1. The first kappa shape index (κ1) is 10.6. The molecule has 0 aliphatic carbocycles. The van der Waals surface area contributed by atoms with Crippen molar-refractivity contribution in [3.8, 4) is 6.07 Å². The first-order valence-corrected chi connectivity index (χ1v) is 5.17. The Kier molecular flexibility index (Phi) is 2.86. The monoisotopic (exact) mass is 218 g/mol. The Bertz CT molecular complexity index is 455. The molecule has 1 saturated heterocycles. The molecule has 0 bridgehead atoms. The van der Waals surface area contributed by atoms with Crippen molar-refractivity contribution in [1.82, 2.24) is 0 Å². The highest BCUT2D eigenvalue weighted by atomic mass is 19.1. The predicted molar refractivity (Wildman–Crippen MR) is 57.6 cm³/mol. The molecule has 4 heteroatoms. The van der Waals surface area contributed by atoms with Crippen LogP contribution in [0.4, 0.5) is 10.1 Å². The number of hydrogen-bond donors (Lipinski definition) is 0. The summed E-state index contributed by atoms with van der Waals surface area (Å²) in [5.41, 5.74) is 0.792. The number of piperidine rings is 1. The van der Waals surface area contributed by atoms with Crippen LogP contribution in [0.1, 0.15) is 18.4 Å². The van der Waals surface area contributed by atoms with Crippen LogP contribution in [0.5, 0.6) is 0 Å². The lowest BCUT2D eigenvalue weighted by molar-refractivity contribution is -0.119. The van der Waals surface area contributed by atoms with Gasteiger partial charge in [-0.1, -0.05) is 0 Å². The highest BCUT2D eigenvalue weighted by molar-refractivity contribution is 5.81. The number of rotatable bonds is 1. The number of benzene rings is 1. The largest absolute Gasteiger partial charge is 0.371 e. The zero-order valence-electron chi connectivity index (χ0n) is 8.74. The lowest BCUT2D eigenvalue weighted by Crippen LogP contribution is -2.33. The van der Waals surface area contributed by atoms with Gasteiger partial charge in [0.2, 0.25) is 0 Å². The van der Waals surface area contributed by atoms with Gasteiger partial charge in [0.05, 0.1) is 5.56 Å². The number of Topliss-reactive ketones (excluding diaryl/α,β-unsaturated/α-hetero) is 1. The van der Waals surface area contributed by atoms with Gasteiger partial charge in [-0.15, -0.1) is 0 Å². The molecule has 1 aliphatic heterocycles. The maximum atomic E-state index is 13.4. The minimum Gasteiger partial charge on any atom is -0.371 e. The van der Waals surface area contributed by atoms with E-state index in [2.05, 4.69) is 0 Å². The topological polar surface area (TPSA) is 44.1 Å². The molecule has 0 spiro atoms. The van der Waals surface area contributed by atoms with Gasteiger partial charge in [-0.25, -0.2) is 4.39 Å². The van der Waals surface area contributed by atoms with Crippen molar-refractivity contribution >= 4 is 11.5 Å². The molecule has 0 aromatic heterocycles. The summed E-state index contributed by atoms with van der Waals surface area (Å²) < 4.78 is 13.4. The molecule has 1 fully saturated rings. The number of nitrogens with zero attached hydrogens (tertiary/aromatic N) is 2. The predicted octanol–water partition coefficient (Wildman–Crippen LogP) is 1.87. The van der Waals surface area contributed by atoms with Gasteiger partial charge < -0.3 is 4.90 Å². The molecule has 0 saturated carbocycles. The van der Waals surface area contributed by atoms with E-state index < -0.39 is 5.82 Å². The van der Waals surface area contributed by atoms with Crippen LogP contribution in [0.2, 0.25) is 0 Å². The summed E-state index contributed by atoms with van der Waals surface area (Å²) in [5.74, 6) is -0.248. The van der Waals surface area contributed by atoms with Gasteiger partial charge >= 0.3 is 0 Å². The number of halogens is 1. The molecular formula is C12H11FN2O. The van der Waals surface area contributed by atoms with Crippen LogP contribution < -0.4 is 4.90 Å². The number of carbonyl (C=O) groups excluding carboxylic acids is 1. The number of hydrogen-bond acceptors (Lipinski definition) is 3. The maximum Gasteiger partial charge on any atom is 0.143 e. The van der Waals surface area contributed by atoms with E-state index in [0.717, 1.165) is 5.69 Å². The van der Waals surface area contributed by atoms with Gasteiger partial charge in [-0.3, -0.25) is 4.79 Å². The van der Waals surface area contributed by atoms with Gasteiger partial charge in [0, 0.05) is 31.6 Å². The van der Waals surface area contributed by atoms with Crippen LogP contribution in [0, 0.1) is 17.1 Å². The van der Waals surface area contributed by atoms with E-state index in [0.29, 0.717) is 25.9 Å². The zero-order chi connectivity index (χ0) is 11.5. The normalized spacial score (nSPS) is 16.0. The second-order valence-corrected chi connectivity index (χ2v) is 3.80. The van der Waals surface area contributed by atoms with Crippen LogP contribution in [0.15, 0.2) is 18.2 Å². The summed E-state index contributed by atoms with van der Waals surface area (Å²) >= 11 is 0. The fourth-order valence-corrected chi connectivity index (χ4v) is 1.81. The molecule has 82 valence electrons. The van der Waals surface area contributed by atoms with Gasteiger partial charge in [-0.05, 0) is 18.2 Å². The maximum absolute atomic E-state index is 13.4. The van der Waals surface area contributed by atoms with Crippen molar-refractivity contribution in [2.45, 2.75) is 12.8 Å². The Labute approximate surface area is 93.1 Å². The van der Waals surface area contributed by atoms with Gasteiger partial charge in [-0.2, -0.15) is 5.26 Å². The zero-order valence-corrected chi connectivity index (χ0v) is 8.74. The van der Waals surface area contributed by atoms with Crippen molar-refractivity contribution in [1.29, 1.82) is 5.26 Å². The molecule has 0 radical (unpaired) electrons. The third kappa shape index (κ3) is 2.03. The summed E-state index contributed by atoms with van der Waals surface area (Å²) in [6, 6.07) is 6.33. The summed E-state index contributed by atoms with van der Waals surface area (Å²) in [6.07, 6.45) is 1.03. The van der Waals surface area contributed by atoms with E-state index in [9.17, 15) is 9.18 Å². The molecule has 1 heterocycles. The van der Waals surface area contributed by atoms with Crippen LogP contribution >= 0.6 is 0 Å². The van der Waals surface area contributed by atoms with Crippen molar-refractivity contribution in [2.24, 2.45) is 0 Å². The Morgan fingerprint density at radius 2 is 2.00 bits per heavy atom. The summed E-state index contributed by atoms with van der Waals surface area (Å²) in [5, 5.41) is 8.61. The van der Waals surface area contributed by atoms with Crippen molar-refractivity contribution in [3.05, 3.63) is 29.6 Å². The Hall–Kier alpha value is -1.89. The first-order valence-electron chi connectivity index (χ1n) is 5.17. The highest BCUT2D eigenvalue weighted by Crippen LogP contribution is 2.21. The van der Waals surface area contributed by atoms with E-state index in [1.807, 2.05) is 4.90 Å². The van der Waals surface area contributed by atoms with Crippen molar-refractivity contribution < 1.29 is 9.18 Å². The van der Waals surface area contributed by atoms with E-state index >= 15 is 0 Å². The molecule has 3 nitrogen and oxygen atoms in total. The average Bonchev–Trinajstić information content (AvgIpc) is 2.30. The Balaban J connectivity index is 2.19. The standard InChI is InChI=1S/C12H11FN2O/c13-12-7-10(2-1-9(12)8-14)15-5-3-11(16)4-6-15/h1-2,7H,3-6H2. The van der Waals surface area contributed by atoms with Gasteiger partial charge in [0.25, 0.3) is 0 Å². The van der Waals surface area contributed by atoms with E-state index in [1.165, 1.54) is 12.1 Å². The third-order valence-corrected chi connectivity index (χ3v) is 2.76. The number of nitriles is 1. The van der Waals surface area contributed by atoms with E-state index in [1.54, 1.807) is 12.1 Å². The van der Waals surface area contributed by atoms with Crippen LogP contribution in [-0.2, 0) is 4.79 Å². The number of anilines is 1. The quantitative estimate of drug-likeness (QED) is 0.722. The lowest BCUT2D eigenvalue weighted by Gasteiger charge is -2.28. The molecule has 1 aromatic carbocycles. The van der Waals surface area contributed by atoms with Gasteiger partial charge in [0.15, 0.2) is 0 Å². The molecular weight excluding hydrogens is 207 g/mol. The highest BCUT2D eigenvalue weighted by Gasteiger charge is 2.17. The molecule has 2 rings (SSSR count). The molecule has 1 aliphatic rings. The van der Waals surface area contributed by atoms with Gasteiger partial charge in [0.1, 0.15) is 17.7 Å². The average molecular weight is 218 g/mol. The molecule has 0 N–H and O–H groups in total. The number of ketones is 1. The Morgan fingerprint density at radius 1 is 1.31 bits per heavy atom. The minimum atomic E-state index is -0.503. The first-order chi connectivity index (χ1) is 7.70. The molecule has 16 heavy (non-hydrogen) atoms. The minimum absolute atomic E-state index is 0.0526. The van der Waals surface area contributed by atoms with Crippen molar-refractivity contribution in [3.63, 3.8) is 0 Å². The molecule has 0 unspecified atom stereocenters. The third-order valence-electron chi connectivity index (χ3n) is 2.76. The van der Waals surface area contributed by atoms with Crippen LogP contribution in [0.3, 0.4) is 0 Å². The molecule has 1 aromatic rings. The molecule has 0 atom stereocenters. The summed E-state index contributed by atoms with van der Waals surface area (Å²) in [6.45, 7) is 1.26. The summed E-state index contributed by atoms with van der Waals surface area (Å²) in [4.78, 5) is 13.0. The fourth-order valence-electron chi connectivity index (χ4n) is 1.81. The van der Waals surface area contributed by atoms with Crippen LogP contribution in [-0.4, -0.2) is 18.9 Å². The Morgan fingerprint density at radius 3 is 2.56 bits per heavy atom. The fraction of sp³-hybridized carbons (Fsp3) is 0.333. The second kappa shape index (κ2) is 4.31. The SMILES string of the molecule is N#Cc1ccc(N2CCC(=O)CC2)cc1F. The van der Waals surface area contributed by atoms with E-state index in [4.69, 9.17) is 5.26 Å². The van der Waals surface area contributed by atoms with Crippen molar-refractivity contribution in [2.75, 3.05) is 18.0 Å². The van der Waals surface area contributed by atoms with Crippen LogP contribution in [0.25, 0.3) is 0 Å².